The smallest absolute Gasteiger partial charge is 0.286 e. The normalized spacial score (nSPS) is 10.8. The van der Waals surface area contributed by atoms with Gasteiger partial charge in [-0.3, -0.25) is 19.9 Å². The van der Waals surface area contributed by atoms with Gasteiger partial charge in [0.2, 0.25) is 0 Å². The molecular weight excluding hydrogens is 478 g/mol. The minimum atomic E-state index is -0.674. The monoisotopic (exact) mass is 497 g/mol. The van der Waals surface area contributed by atoms with E-state index in [2.05, 4.69) is 25.6 Å². The van der Waals surface area contributed by atoms with Crippen molar-refractivity contribution in [3.63, 3.8) is 0 Å². The number of nitrogens with zero attached hydrogens (tertiary/aromatic N) is 6. The van der Waals surface area contributed by atoms with Crippen LogP contribution in [0, 0.1) is 10.1 Å². The number of amides is 1. The number of fused-ring (bicyclic) bond motifs is 1. The number of carbonyl (C=O) groups is 1. The molecule has 0 bridgehead atoms. The van der Waals surface area contributed by atoms with Gasteiger partial charge in [0.25, 0.3) is 11.6 Å². The van der Waals surface area contributed by atoms with Crippen LogP contribution in [0.2, 0.25) is 0 Å². The van der Waals surface area contributed by atoms with Crippen LogP contribution >= 0.6 is 0 Å². The van der Waals surface area contributed by atoms with Crippen LogP contribution in [-0.4, -0.2) is 49.8 Å². The zero-order valence-electron chi connectivity index (χ0n) is 19.7. The molecule has 0 radical (unpaired) electrons. The molecule has 0 spiro atoms. The Balaban J connectivity index is 1.47. The molecule has 0 aliphatic rings. The second-order valence-electron chi connectivity index (χ2n) is 7.76. The van der Waals surface area contributed by atoms with Crippen LogP contribution in [0.1, 0.15) is 10.4 Å². The Morgan fingerprint density at radius 3 is 2.43 bits per heavy atom. The molecule has 12 heteroatoms. The van der Waals surface area contributed by atoms with E-state index in [0.29, 0.717) is 28.4 Å². The van der Waals surface area contributed by atoms with Crippen LogP contribution < -0.4 is 14.8 Å². The fourth-order valence-electron chi connectivity index (χ4n) is 3.78. The summed E-state index contributed by atoms with van der Waals surface area (Å²) in [4.78, 5) is 28.0. The number of nitro benzene ring substituents is 1. The van der Waals surface area contributed by atoms with E-state index in [4.69, 9.17) is 9.47 Å². The Kier molecular flexibility index (Phi) is 6.12. The second kappa shape index (κ2) is 9.70. The molecule has 3 aromatic heterocycles. The molecule has 184 valence electrons. The molecular formula is C25H19N7O5. The van der Waals surface area contributed by atoms with Gasteiger partial charge in [-0.15, -0.1) is 10.2 Å². The average Bonchev–Trinajstić information content (AvgIpc) is 3.36. The molecule has 37 heavy (non-hydrogen) atoms. The fraction of sp³-hybridized carbons (Fsp3) is 0.0800. The van der Waals surface area contributed by atoms with E-state index >= 15 is 0 Å². The third-order valence-corrected chi connectivity index (χ3v) is 5.56. The summed E-state index contributed by atoms with van der Waals surface area (Å²) in [6, 6.07) is 16.6. The molecule has 3 heterocycles. The summed E-state index contributed by atoms with van der Waals surface area (Å²) in [6.45, 7) is 0. The van der Waals surface area contributed by atoms with Crippen LogP contribution in [0.15, 0.2) is 73.1 Å². The number of hydrogen-bond donors (Lipinski definition) is 1. The summed E-state index contributed by atoms with van der Waals surface area (Å²) >= 11 is 0. The topological polar surface area (TPSA) is 147 Å². The predicted octanol–water partition coefficient (Wildman–Crippen LogP) is 4.03. The number of benzene rings is 2. The number of hydrogen-bond acceptors (Lipinski definition) is 9. The zero-order valence-corrected chi connectivity index (χ0v) is 19.7. The number of rotatable bonds is 7. The molecule has 0 aliphatic carbocycles. The van der Waals surface area contributed by atoms with Gasteiger partial charge in [0.1, 0.15) is 5.56 Å². The van der Waals surface area contributed by atoms with E-state index in [1.807, 2.05) is 18.2 Å². The zero-order chi connectivity index (χ0) is 25.9. The van der Waals surface area contributed by atoms with Crippen molar-refractivity contribution < 1.29 is 19.2 Å². The number of carbonyl (C=O) groups excluding carboxylic acids is 1. The molecule has 0 atom stereocenters. The maximum absolute atomic E-state index is 13.0. The van der Waals surface area contributed by atoms with Gasteiger partial charge in [-0.25, -0.2) is 0 Å². The first-order valence-corrected chi connectivity index (χ1v) is 10.9. The number of ether oxygens (including phenoxy) is 2. The quantitative estimate of drug-likeness (QED) is 0.260. The molecule has 5 rings (SSSR count). The van der Waals surface area contributed by atoms with Crippen molar-refractivity contribution in [2.24, 2.45) is 0 Å². The van der Waals surface area contributed by atoms with Crippen molar-refractivity contribution in [3.8, 4) is 34.1 Å². The minimum absolute atomic E-state index is 0.148. The third kappa shape index (κ3) is 4.50. The summed E-state index contributed by atoms with van der Waals surface area (Å²) in [5.74, 6) is 0.231. The third-order valence-electron chi connectivity index (χ3n) is 5.56. The average molecular weight is 497 g/mol. The van der Waals surface area contributed by atoms with Crippen LogP contribution in [0.3, 0.4) is 0 Å². The first-order valence-electron chi connectivity index (χ1n) is 10.9. The lowest BCUT2D eigenvalue weighted by Crippen LogP contribution is -2.14. The maximum atomic E-state index is 13.0. The van der Waals surface area contributed by atoms with Crippen molar-refractivity contribution >= 4 is 22.9 Å². The van der Waals surface area contributed by atoms with Crippen LogP contribution in [-0.2, 0) is 0 Å². The van der Waals surface area contributed by atoms with E-state index in [1.54, 1.807) is 47.2 Å². The Labute approximate surface area is 209 Å². The van der Waals surface area contributed by atoms with Gasteiger partial charge in [-0.2, -0.15) is 9.61 Å². The highest BCUT2D eigenvalue weighted by molar-refractivity contribution is 6.07. The Hall–Kier alpha value is -5.39. The number of nitro groups is 1. The van der Waals surface area contributed by atoms with Gasteiger partial charge in [-0.1, -0.05) is 12.1 Å². The molecule has 1 N–H and O–H groups in total. The molecule has 0 aliphatic heterocycles. The van der Waals surface area contributed by atoms with Crippen molar-refractivity contribution in [2.75, 3.05) is 19.5 Å². The van der Waals surface area contributed by atoms with E-state index < -0.39 is 16.5 Å². The standard InChI is InChI=1S/C25H19N7O5/c1-36-21-13-18(20(32(34)35)14-22(21)37-2)25(33)27-17-5-3-4-16(12-17)19-6-7-23-28-29-24(31(23)30-19)15-8-10-26-11-9-15/h3-14H,1-2H3,(H,27,33). The van der Waals surface area contributed by atoms with Crippen LogP contribution in [0.5, 0.6) is 11.5 Å². The number of nitrogens with one attached hydrogen (secondary N) is 1. The van der Waals surface area contributed by atoms with E-state index in [1.165, 1.54) is 20.3 Å². The second-order valence-corrected chi connectivity index (χ2v) is 7.76. The molecule has 2 aromatic carbocycles. The van der Waals surface area contributed by atoms with Gasteiger partial charge in [0, 0.05) is 35.3 Å². The van der Waals surface area contributed by atoms with Gasteiger partial charge in [-0.05, 0) is 36.4 Å². The highest BCUT2D eigenvalue weighted by Gasteiger charge is 2.25. The lowest BCUT2D eigenvalue weighted by molar-refractivity contribution is -0.385. The summed E-state index contributed by atoms with van der Waals surface area (Å²) < 4.78 is 12.0. The van der Waals surface area contributed by atoms with Gasteiger partial charge in [0.15, 0.2) is 23.0 Å². The van der Waals surface area contributed by atoms with Crippen LogP contribution in [0.4, 0.5) is 11.4 Å². The van der Waals surface area contributed by atoms with Crippen LogP contribution in [0.25, 0.3) is 28.3 Å². The Morgan fingerprint density at radius 1 is 0.946 bits per heavy atom. The van der Waals surface area contributed by atoms with E-state index in [-0.39, 0.29) is 17.1 Å². The molecule has 0 saturated carbocycles. The molecule has 12 nitrogen and oxygen atoms in total. The fourth-order valence-corrected chi connectivity index (χ4v) is 3.78. The SMILES string of the molecule is COc1cc(C(=O)Nc2cccc(-c3ccc4nnc(-c5ccncc5)n4n3)c2)c([N+](=O)[O-])cc1OC. The molecule has 0 saturated heterocycles. The Bertz CT molecular complexity index is 1640. The number of anilines is 1. The van der Waals surface area contributed by atoms with Gasteiger partial charge < -0.3 is 14.8 Å². The van der Waals surface area contributed by atoms with Crippen molar-refractivity contribution in [2.45, 2.75) is 0 Å². The largest absolute Gasteiger partial charge is 0.493 e. The molecule has 1 amide bonds. The highest BCUT2D eigenvalue weighted by Crippen LogP contribution is 2.35. The minimum Gasteiger partial charge on any atom is -0.493 e. The van der Waals surface area contributed by atoms with Crippen molar-refractivity contribution in [1.82, 2.24) is 24.8 Å². The molecule has 5 aromatic rings. The first-order chi connectivity index (χ1) is 18.0. The summed E-state index contributed by atoms with van der Waals surface area (Å²) in [6.07, 6.45) is 3.32. The predicted molar refractivity (Wildman–Crippen MR) is 134 cm³/mol. The van der Waals surface area contributed by atoms with E-state index in [0.717, 1.165) is 11.6 Å². The molecule has 0 unspecified atom stereocenters. The number of pyridine rings is 1. The van der Waals surface area contributed by atoms with E-state index in [9.17, 15) is 14.9 Å². The summed E-state index contributed by atoms with van der Waals surface area (Å²) in [7, 11) is 2.74. The summed E-state index contributed by atoms with van der Waals surface area (Å²) in [5, 5.41) is 27.4. The molecule has 0 fully saturated rings. The van der Waals surface area contributed by atoms with Gasteiger partial charge in [0.05, 0.1) is 30.9 Å². The number of methoxy groups -OCH3 is 2. The lowest BCUT2D eigenvalue weighted by atomic mass is 10.1. The first kappa shape index (κ1) is 23.4. The van der Waals surface area contributed by atoms with Crippen molar-refractivity contribution in [1.29, 1.82) is 0 Å². The highest BCUT2D eigenvalue weighted by atomic mass is 16.6. The maximum Gasteiger partial charge on any atom is 0.286 e. The lowest BCUT2D eigenvalue weighted by Gasteiger charge is -2.11. The number of aromatic nitrogens is 5. The Morgan fingerprint density at radius 2 is 1.70 bits per heavy atom. The van der Waals surface area contributed by atoms with Gasteiger partial charge >= 0.3 is 0 Å². The summed E-state index contributed by atoms with van der Waals surface area (Å²) in [5.41, 5.74) is 2.54. The van der Waals surface area contributed by atoms with Crippen molar-refractivity contribution in [3.05, 3.63) is 88.7 Å².